The molecule has 4 N–H and O–H groups in total. The molecule has 0 radical (unpaired) electrons. The zero-order chi connectivity index (χ0) is 18.5. The van der Waals surface area contributed by atoms with Gasteiger partial charge in [0.15, 0.2) is 0 Å². The standard InChI is InChI=1S/C18H18F3N5/c19-18(20,21)12-3-1-2-11(6-12)14-8-26(13-4-10(5-13)7-22)17-15(14)16(23)24-9-25-17/h1-3,6,8-10,13H,4-5,7,22H2,(H2,23,24,25). The van der Waals surface area contributed by atoms with Gasteiger partial charge in [0.05, 0.1) is 10.9 Å². The number of nitrogen functional groups attached to an aromatic ring is 1. The number of benzene rings is 1. The Morgan fingerprint density at radius 1 is 1.19 bits per heavy atom. The summed E-state index contributed by atoms with van der Waals surface area (Å²) in [5, 5.41) is 0.586. The molecular weight excluding hydrogens is 343 g/mol. The molecule has 0 bridgehead atoms. The highest BCUT2D eigenvalue weighted by Crippen LogP contribution is 2.43. The van der Waals surface area contributed by atoms with E-state index in [-0.39, 0.29) is 11.9 Å². The molecule has 3 aromatic rings. The Bertz CT molecular complexity index is 957. The number of aromatic nitrogens is 3. The van der Waals surface area contributed by atoms with Crippen molar-refractivity contribution in [3.05, 3.63) is 42.4 Å². The van der Waals surface area contributed by atoms with Gasteiger partial charge in [-0.1, -0.05) is 12.1 Å². The molecule has 2 aromatic heterocycles. The number of alkyl halides is 3. The molecule has 1 aliphatic rings. The number of hydrogen-bond donors (Lipinski definition) is 2. The van der Waals surface area contributed by atoms with Crippen molar-refractivity contribution >= 4 is 16.9 Å². The molecule has 0 amide bonds. The van der Waals surface area contributed by atoms with Crippen LogP contribution < -0.4 is 11.5 Å². The molecule has 1 aliphatic carbocycles. The molecule has 0 aliphatic heterocycles. The normalized spacial score (nSPS) is 20.3. The molecular formula is C18H18F3N5. The van der Waals surface area contributed by atoms with E-state index in [1.807, 2.05) is 10.8 Å². The van der Waals surface area contributed by atoms with Crippen LogP contribution in [0.4, 0.5) is 19.0 Å². The van der Waals surface area contributed by atoms with E-state index in [1.54, 1.807) is 6.07 Å². The molecule has 0 saturated heterocycles. The number of halogens is 3. The zero-order valence-corrected chi connectivity index (χ0v) is 13.9. The van der Waals surface area contributed by atoms with Crippen LogP contribution in [0.1, 0.15) is 24.4 Å². The van der Waals surface area contributed by atoms with Crippen molar-refractivity contribution in [2.45, 2.75) is 25.1 Å². The average molecular weight is 361 g/mol. The monoisotopic (exact) mass is 361 g/mol. The molecule has 0 spiro atoms. The maximum Gasteiger partial charge on any atom is 0.416 e. The minimum atomic E-state index is -4.40. The van der Waals surface area contributed by atoms with Gasteiger partial charge in [0, 0.05) is 17.8 Å². The van der Waals surface area contributed by atoms with Gasteiger partial charge < -0.3 is 16.0 Å². The van der Waals surface area contributed by atoms with Crippen molar-refractivity contribution in [2.24, 2.45) is 11.7 Å². The van der Waals surface area contributed by atoms with Crippen LogP contribution in [0.2, 0.25) is 0 Å². The lowest BCUT2D eigenvalue weighted by Crippen LogP contribution is -2.31. The molecule has 2 heterocycles. The Labute approximate surface area is 147 Å². The summed E-state index contributed by atoms with van der Waals surface area (Å²) < 4.78 is 41.3. The minimum absolute atomic E-state index is 0.222. The Morgan fingerprint density at radius 2 is 1.96 bits per heavy atom. The first-order valence-corrected chi connectivity index (χ1v) is 8.37. The highest BCUT2D eigenvalue weighted by molar-refractivity contribution is 6.00. The second-order valence-corrected chi connectivity index (χ2v) is 6.71. The van der Waals surface area contributed by atoms with E-state index >= 15 is 0 Å². The topological polar surface area (TPSA) is 82.8 Å². The first kappa shape index (κ1) is 16.8. The fourth-order valence-corrected chi connectivity index (χ4v) is 3.59. The number of fused-ring (bicyclic) bond motifs is 1. The maximum atomic E-state index is 13.1. The fraction of sp³-hybridized carbons (Fsp3) is 0.333. The molecule has 0 unspecified atom stereocenters. The Hall–Kier alpha value is -2.61. The van der Waals surface area contributed by atoms with Crippen LogP contribution in [0.25, 0.3) is 22.2 Å². The van der Waals surface area contributed by atoms with E-state index < -0.39 is 11.7 Å². The summed E-state index contributed by atoms with van der Waals surface area (Å²) in [4.78, 5) is 8.35. The van der Waals surface area contributed by atoms with E-state index in [1.165, 1.54) is 12.4 Å². The second kappa shape index (κ2) is 5.98. The van der Waals surface area contributed by atoms with Crippen molar-refractivity contribution in [3.8, 4) is 11.1 Å². The summed E-state index contributed by atoms with van der Waals surface area (Å²) in [6, 6.07) is 5.45. The molecule has 26 heavy (non-hydrogen) atoms. The highest BCUT2D eigenvalue weighted by atomic mass is 19.4. The van der Waals surface area contributed by atoms with Crippen molar-refractivity contribution in [1.82, 2.24) is 14.5 Å². The van der Waals surface area contributed by atoms with Crippen molar-refractivity contribution in [1.29, 1.82) is 0 Å². The summed E-state index contributed by atoms with van der Waals surface area (Å²) in [5.74, 6) is 0.726. The van der Waals surface area contributed by atoms with Gasteiger partial charge in [-0.2, -0.15) is 13.2 Å². The van der Waals surface area contributed by atoms with Gasteiger partial charge in [-0.25, -0.2) is 9.97 Å². The van der Waals surface area contributed by atoms with Gasteiger partial charge in [-0.3, -0.25) is 0 Å². The maximum absolute atomic E-state index is 13.1. The van der Waals surface area contributed by atoms with Gasteiger partial charge in [0.25, 0.3) is 0 Å². The van der Waals surface area contributed by atoms with Gasteiger partial charge in [-0.15, -0.1) is 0 Å². The van der Waals surface area contributed by atoms with Crippen LogP contribution in [-0.4, -0.2) is 21.1 Å². The van der Waals surface area contributed by atoms with Crippen molar-refractivity contribution < 1.29 is 13.2 Å². The van der Waals surface area contributed by atoms with Crippen LogP contribution in [0.15, 0.2) is 36.8 Å². The van der Waals surface area contributed by atoms with Crippen LogP contribution in [0.5, 0.6) is 0 Å². The summed E-state index contributed by atoms with van der Waals surface area (Å²) in [5.41, 5.74) is 12.7. The average Bonchev–Trinajstić information content (AvgIpc) is 2.94. The third-order valence-corrected chi connectivity index (χ3v) is 5.08. The van der Waals surface area contributed by atoms with E-state index in [0.717, 1.165) is 25.0 Å². The second-order valence-electron chi connectivity index (χ2n) is 6.71. The van der Waals surface area contributed by atoms with Gasteiger partial charge >= 0.3 is 6.18 Å². The predicted molar refractivity (Wildman–Crippen MR) is 93.2 cm³/mol. The van der Waals surface area contributed by atoms with Crippen LogP contribution in [0, 0.1) is 5.92 Å². The van der Waals surface area contributed by atoms with E-state index in [4.69, 9.17) is 11.5 Å². The predicted octanol–water partition coefficient (Wildman–Crippen LogP) is 3.61. The molecule has 4 rings (SSSR count). The zero-order valence-electron chi connectivity index (χ0n) is 13.9. The van der Waals surface area contributed by atoms with Crippen molar-refractivity contribution in [3.63, 3.8) is 0 Å². The number of nitrogens with zero attached hydrogens (tertiary/aromatic N) is 3. The fourth-order valence-electron chi connectivity index (χ4n) is 3.59. The lowest BCUT2D eigenvalue weighted by Gasteiger charge is -2.35. The first-order chi connectivity index (χ1) is 12.4. The molecule has 1 saturated carbocycles. The number of anilines is 1. The molecule has 136 valence electrons. The first-order valence-electron chi connectivity index (χ1n) is 8.37. The molecule has 1 fully saturated rings. The third-order valence-electron chi connectivity index (χ3n) is 5.08. The molecule has 5 nitrogen and oxygen atoms in total. The van der Waals surface area contributed by atoms with Crippen LogP contribution in [0.3, 0.4) is 0 Å². The lowest BCUT2D eigenvalue weighted by atomic mass is 9.80. The van der Waals surface area contributed by atoms with Crippen LogP contribution in [-0.2, 0) is 6.18 Å². The summed E-state index contributed by atoms with van der Waals surface area (Å²) in [7, 11) is 0. The van der Waals surface area contributed by atoms with Crippen molar-refractivity contribution in [2.75, 3.05) is 12.3 Å². The third kappa shape index (κ3) is 2.70. The van der Waals surface area contributed by atoms with Gasteiger partial charge in [0.2, 0.25) is 0 Å². The van der Waals surface area contributed by atoms with Gasteiger partial charge in [-0.05, 0) is 43.0 Å². The highest BCUT2D eigenvalue weighted by Gasteiger charge is 2.33. The number of nitrogens with two attached hydrogens (primary N) is 2. The Kier molecular flexibility index (Phi) is 3.87. The van der Waals surface area contributed by atoms with Gasteiger partial charge in [0.1, 0.15) is 17.8 Å². The van der Waals surface area contributed by atoms with E-state index in [0.29, 0.717) is 34.6 Å². The summed E-state index contributed by atoms with van der Waals surface area (Å²) in [6.07, 6.45) is 0.656. The van der Waals surface area contributed by atoms with E-state index in [2.05, 4.69) is 9.97 Å². The van der Waals surface area contributed by atoms with E-state index in [9.17, 15) is 13.2 Å². The summed E-state index contributed by atoms with van der Waals surface area (Å²) >= 11 is 0. The SMILES string of the molecule is NCC1CC(n2cc(-c3cccc(C(F)(F)F)c3)c3c(N)ncnc32)C1. The minimum Gasteiger partial charge on any atom is -0.383 e. The smallest absolute Gasteiger partial charge is 0.383 e. The molecule has 8 heteroatoms. The molecule has 0 atom stereocenters. The molecule has 1 aromatic carbocycles. The Balaban J connectivity index is 1.86. The number of hydrogen-bond acceptors (Lipinski definition) is 4. The van der Waals surface area contributed by atoms with Crippen LogP contribution >= 0.6 is 0 Å². The largest absolute Gasteiger partial charge is 0.416 e. The summed E-state index contributed by atoms with van der Waals surface area (Å²) in [6.45, 7) is 0.632. The lowest BCUT2D eigenvalue weighted by molar-refractivity contribution is -0.137. The Morgan fingerprint density at radius 3 is 2.65 bits per heavy atom. The quantitative estimate of drug-likeness (QED) is 0.747. The number of rotatable bonds is 3.